The van der Waals surface area contributed by atoms with Crippen LogP contribution in [-0.2, 0) is 6.54 Å². The van der Waals surface area contributed by atoms with Crippen molar-refractivity contribution in [1.29, 1.82) is 0 Å². The second-order valence-electron chi connectivity index (χ2n) is 7.69. The lowest BCUT2D eigenvalue weighted by molar-refractivity contribution is 0.229. The van der Waals surface area contributed by atoms with Gasteiger partial charge in [-0.15, -0.1) is 0 Å². The van der Waals surface area contributed by atoms with Gasteiger partial charge < -0.3 is 9.47 Å². The number of amides is 2. The minimum absolute atomic E-state index is 0.0597. The van der Waals surface area contributed by atoms with Crippen molar-refractivity contribution in [3.05, 3.63) is 30.6 Å². The topological polar surface area (TPSA) is 62.4 Å². The molecule has 1 saturated carbocycles. The molecule has 0 radical (unpaired) electrons. The summed E-state index contributed by atoms with van der Waals surface area (Å²) in [6.45, 7) is 4.45. The largest absolute Gasteiger partial charge is 0.331 e. The van der Waals surface area contributed by atoms with Crippen LogP contribution in [0, 0.1) is 0 Å². The Morgan fingerprint density at radius 1 is 1.15 bits per heavy atom. The zero-order valence-electron chi connectivity index (χ0n) is 15.2. The van der Waals surface area contributed by atoms with Gasteiger partial charge in [-0.1, -0.05) is 0 Å². The van der Waals surface area contributed by atoms with E-state index in [2.05, 4.69) is 25.7 Å². The molecule has 0 bridgehead atoms. The lowest BCUT2D eigenvalue weighted by Crippen LogP contribution is -2.28. The van der Waals surface area contributed by atoms with Gasteiger partial charge in [0, 0.05) is 57.9 Å². The highest BCUT2D eigenvalue weighted by molar-refractivity contribution is 5.93. The first-order valence-corrected chi connectivity index (χ1v) is 9.50. The van der Waals surface area contributed by atoms with Crippen LogP contribution < -0.4 is 4.90 Å². The Morgan fingerprint density at radius 2 is 2.04 bits per heavy atom. The summed E-state index contributed by atoms with van der Waals surface area (Å²) < 4.78 is 4.38. The average Bonchev–Trinajstić information content (AvgIpc) is 3.04. The van der Waals surface area contributed by atoms with Crippen LogP contribution >= 0.6 is 0 Å². The van der Waals surface area contributed by atoms with Crippen LogP contribution in [0.4, 0.5) is 10.5 Å². The number of nitrogens with zero attached hydrogens (tertiary/aromatic N) is 7. The maximum Gasteiger partial charge on any atom is 0.324 e. The summed E-state index contributed by atoms with van der Waals surface area (Å²) in [5.41, 5.74) is 0.905. The molecule has 4 heterocycles. The number of imidazole rings is 1. The monoisotopic (exact) mass is 355 g/mol. The number of anilines is 1. The van der Waals surface area contributed by atoms with Gasteiger partial charge in [-0.3, -0.25) is 14.5 Å². The molecule has 5 rings (SSSR count). The Balaban J connectivity index is 1.24. The molecule has 1 aliphatic carbocycles. The minimum atomic E-state index is 0.0597. The van der Waals surface area contributed by atoms with E-state index in [1.807, 2.05) is 35.2 Å². The molecule has 2 amide bonds. The van der Waals surface area contributed by atoms with E-state index in [1.165, 1.54) is 18.7 Å². The molecule has 138 valence electrons. The van der Waals surface area contributed by atoms with Gasteiger partial charge in [0.15, 0.2) is 0 Å². The summed E-state index contributed by atoms with van der Waals surface area (Å²) in [5.74, 6) is 1.18. The molecule has 8 nitrogen and oxygen atoms in total. The summed E-state index contributed by atoms with van der Waals surface area (Å²) in [5, 5.41) is 4.55. The molecule has 1 atom stereocenters. The van der Waals surface area contributed by atoms with Crippen molar-refractivity contribution < 1.29 is 4.79 Å². The molecule has 1 unspecified atom stereocenters. The van der Waals surface area contributed by atoms with Gasteiger partial charge in [-0.2, -0.15) is 5.10 Å². The fraction of sp³-hybridized carbons (Fsp3) is 0.611. The van der Waals surface area contributed by atoms with E-state index >= 15 is 0 Å². The molecule has 2 aromatic rings. The van der Waals surface area contributed by atoms with E-state index in [0.717, 1.165) is 44.8 Å². The predicted molar refractivity (Wildman–Crippen MR) is 97.0 cm³/mol. The first-order chi connectivity index (χ1) is 12.7. The number of carbonyl (C=O) groups is 1. The fourth-order valence-electron chi connectivity index (χ4n) is 4.08. The molecule has 2 saturated heterocycles. The molecule has 3 aliphatic rings. The van der Waals surface area contributed by atoms with Gasteiger partial charge in [-0.05, 0) is 19.3 Å². The molecule has 2 aromatic heterocycles. The van der Waals surface area contributed by atoms with Crippen LogP contribution in [0.25, 0.3) is 0 Å². The van der Waals surface area contributed by atoms with E-state index in [9.17, 15) is 4.79 Å². The van der Waals surface area contributed by atoms with Crippen LogP contribution in [0.1, 0.15) is 37.2 Å². The minimum Gasteiger partial charge on any atom is -0.331 e. The number of hydrogen-bond acceptors (Lipinski definition) is 4. The number of urea groups is 1. The van der Waals surface area contributed by atoms with Crippen molar-refractivity contribution in [1.82, 2.24) is 29.1 Å². The number of aromatic nitrogens is 4. The van der Waals surface area contributed by atoms with Crippen molar-refractivity contribution in [3.8, 4) is 0 Å². The zero-order chi connectivity index (χ0) is 17.7. The lowest BCUT2D eigenvalue weighted by atomic mass is 10.3. The fourth-order valence-corrected chi connectivity index (χ4v) is 4.08. The quantitative estimate of drug-likeness (QED) is 0.820. The van der Waals surface area contributed by atoms with Crippen molar-refractivity contribution >= 4 is 11.7 Å². The average molecular weight is 355 g/mol. The van der Waals surface area contributed by atoms with E-state index in [-0.39, 0.29) is 6.03 Å². The summed E-state index contributed by atoms with van der Waals surface area (Å²) in [6, 6.07) is 1.10. The zero-order valence-corrected chi connectivity index (χ0v) is 15.2. The van der Waals surface area contributed by atoms with Crippen molar-refractivity contribution in [2.75, 3.05) is 38.1 Å². The van der Waals surface area contributed by atoms with Crippen molar-refractivity contribution in [2.45, 2.75) is 37.9 Å². The third kappa shape index (κ3) is 2.78. The molecule has 0 aromatic carbocycles. The van der Waals surface area contributed by atoms with E-state index in [0.29, 0.717) is 12.1 Å². The molecule has 3 fully saturated rings. The van der Waals surface area contributed by atoms with Crippen LogP contribution in [-0.4, -0.2) is 68.4 Å². The van der Waals surface area contributed by atoms with Gasteiger partial charge in [-0.25, -0.2) is 9.78 Å². The highest BCUT2D eigenvalue weighted by Gasteiger charge is 2.31. The van der Waals surface area contributed by atoms with Gasteiger partial charge in [0.05, 0.1) is 24.5 Å². The molecule has 0 N–H and O–H groups in total. The maximum absolute atomic E-state index is 12.2. The van der Waals surface area contributed by atoms with E-state index in [4.69, 9.17) is 0 Å². The van der Waals surface area contributed by atoms with Crippen LogP contribution in [0.15, 0.2) is 24.8 Å². The van der Waals surface area contributed by atoms with Gasteiger partial charge >= 0.3 is 6.03 Å². The first kappa shape index (κ1) is 15.9. The summed E-state index contributed by atoms with van der Waals surface area (Å²) in [7, 11) is 1.84. The smallest absolute Gasteiger partial charge is 0.324 e. The molecule has 2 aliphatic heterocycles. The van der Waals surface area contributed by atoms with Crippen molar-refractivity contribution in [3.63, 3.8) is 0 Å². The summed E-state index contributed by atoms with van der Waals surface area (Å²) in [4.78, 5) is 22.7. The normalized spacial score (nSPS) is 24.2. The number of carbonyl (C=O) groups excluding carboxylic acids is 1. The number of likely N-dealkylation sites (N-methyl/N-ethyl adjacent to an activating group) is 1. The second-order valence-corrected chi connectivity index (χ2v) is 7.69. The van der Waals surface area contributed by atoms with Crippen LogP contribution in [0.5, 0.6) is 0 Å². The summed E-state index contributed by atoms with van der Waals surface area (Å²) in [6.07, 6.45) is 11.5. The third-order valence-electron chi connectivity index (χ3n) is 5.79. The van der Waals surface area contributed by atoms with Gasteiger partial charge in [0.1, 0.15) is 5.82 Å². The van der Waals surface area contributed by atoms with Crippen LogP contribution in [0.3, 0.4) is 0 Å². The molecule has 0 spiro atoms. The SMILES string of the molecule is CN1CCN(c2cnn(C3CCN(Cc4nccn4C4CC4)C3)c2)C1=O. The molecular weight excluding hydrogens is 330 g/mol. The Kier molecular flexibility index (Phi) is 3.74. The molecule has 26 heavy (non-hydrogen) atoms. The van der Waals surface area contributed by atoms with E-state index < -0.39 is 0 Å². The van der Waals surface area contributed by atoms with Gasteiger partial charge in [0.25, 0.3) is 0 Å². The number of rotatable bonds is 5. The molecule has 8 heteroatoms. The second kappa shape index (κ2) is 6.12. The standard InChI is InChI=1S/C18H25N7O/c1-21-8-9-24(18(21)26)16-10-20-25(12-16)15-4-6-22(11-15)13-17-19-5-7-23(17)14-2-3-14/h5,7,10,12,14-15H,2-4,6,8-9,11,13H2,1H3. The Morgan fingerprint density at radius 3 is 2.81 bits per heavy atom. The predicted octanol–water partition coefficient (Wildman–Crippen LogP) is 1.73. The first-order valence-electron chi connectivity index (χ1n) is 9.50. The third-order valence-corrected chi connectivity index (χ3v) is 5.79. The maximum atomic E-state index is 12.2. The lowest BCUT2D eigenvalue weighted by Gasteiger charge is -2.17. The Bertz CT molecular complexity index is 808. The van der Waals surface area contributed by atoms with E-state index in [1.54, 1.807) is 4.90 Å². The Hall–Kier alpha value is -2.35. The van der Waals surface area contributed by atoms with Crippen molar-refractivity contribution in [2.24, 2.45) is 0 Å². The van der Waals surface area contributed by atoms with Gasteiger partial charge in [0.2, 0.25) is 0 Å². The van der Waals surface area contributed by atoms with Crippen LogP contribution in [0.2, 0.25) is 0 Å². The Labute approximate surface area is 153 Å². The highest BCUT2D eigenvalue weighted by Crippen LogP contribution is 2.36. The molecular formula is C18H25N7O. The number of likely N-dealkylation sites (tertiary alicyclic amines) is 1. The highest BCUT2D eigenvalue weighted by atomic mass is 16.2. The summed E-state index contributed by atoms with van der Waals surface area (Å²) >= 11 is 0. The number of hydrogen-bond donors (Lipinski definition) is 0.